The van der Waals surface area contributed by atoms with Gasteiger partial charge in [-0.15, -0.1) is 0 Å². The van der Waals surface area contributed by atoms with Gasteiger partial charge >= 0.3 is 29.9 Å². The SMILES string of the molecule is CCCCC(CC)C(=O)OCC.[SnH2]. The molecule has 2 nitrogen and oxygen atoms in total. The van der Waals surface area contributed by atoms with Crippen molar-refractivity contribution >= 4 is 29.9 Å². The van der Waals surface area contributed by atoms with E-state index in [0.29, 0.717) is 6.61 Å². The predicted octanol–water partition coefficient (Wildman–Crippen LogP) is 1.85. The number of carbonyl (C=O) groups is 1. The Labute approximate surface area is 98.4 Å². The number of rotatable bonds is 6. The van der Waals surface area contributed by atoms with E-state index in [4.69, 9.17) is 4.74 Å². The van der Waals surface area contributed by atoms with Crippen LogP contribution in [-0.2, 0) is 9.53 Å². The van der Waals surface area contributed by atoms with Gasteiger partial charge in [0.1, 0.15) is 0 Å². The Bertz CT molecular complexity index is 126. The first kappa shape index (κ1) is 15.7. The van der Waals surface area contributed by atoms with E-state index in [-0.39, 0.29) is 35.8 Å². The minimum atomic E-state index is -0.0200. The zero-order valence-electron chi connectivity index (χ0n) is 9.14. The summed E-state index contributed by atoms with van der Waals surface area (Å²) in [7, 11) is 0. The van der Waals surface area contributed by atoms with Crippen LogP contribution >= 0.6 is 0 Å². The van der Waals surface area contributed by atoms with Crippen LogP contribution in [0.1, 0.15) is 46.5 Å². The summed E-state index contributed by atoms with van der Waals surface area (Å²) in [6.45, 7) is 6.53. The Balaban J connectivity index is 0. The van der Waals surface area contributed by atoms with Gasteiger partial charge in [0.2, 0.25) is 0 Å². The molecule has 0 N–H and O–H groups in total. The van der Waals surface area contributed by atoms with E-state index in [0.717, 1.165) is 25.7 Å². The summed E-state index contributed by atoms with van der Waals surface area (Å²) >= 11 is 0. The van der Waals surface area contributed by atoms with Crippen LogP contribution in [0.2, 0.25) is 0 Å². The molecule has 0 spiro atoms. The Morgan fingerprint density at radius 3 is 2.31 bits per heavy atom. The molecular weight excluding hydrogens is 271 g/mol. The van der Waals surface area contributed by atoms with E-state index < -0.39 is 0 Å². The Morgan fingerprint density at radius 2 is 1.92 bits per heavy atom. The van der Waals surface area contributed by atoms with Crippen molar-refractivity contribution in [2.24, 2.45) is 5.92 Å². The number of esters is 1. The molecule has 2 radical (unpaired) electrons. The van der Waals surface area contributed by atoms with Crippen LogP contribution in [0.4, 0.5) is 0 Å². The van der Waals surface area contributed by atoms with E-state index >= 15 is 0 Å². The first-order valence-electron chi connectivity index (χ1n) is 4.92. The Morgan fingerprint density at radius 1 is 1.31 bits per heavy atom. The molecule has 3 heteroatoms. The number of ether oxygens (including phenoxy) is 1. The minimum absolute atomic E-state index is 0. The molecule has 1 unspecified atom stereocenters. The normalized spacial score (nSPS) is 11.6. The Hall–Kier alpha value is 0.269. The van der Waals surface area contributed by atoms with Gasteiger partial charge in [0.25, 0.3) is 0 Å². The van der Waals surface area contributed by atoms with Crippen LogP contribution in [-0.4, -0.2) is 36.5 Å². The fourth-order valence-electron chi connectivity index (χ4n) is 1.20. The third-order valence-corrected chi connectivity index (χ3v) is 2.02. The van der Waals surface area contributed by atoms with Gasteiger partial charge in [0, 0.05) is 0 Å². The fraction of sp³-hybridized carbons (Fsp3) is 0.900. The second-order valence-electron chi connectivity index (χ2n) is 3.00. The molecule has 0 bridgehead atoms. The summed E-state index contributed by atoms with van der Waals surface area (Å²) in [5.41, 5.74) is 0. The van der Waals surface area contributed by atoms with E-state index in [2.05, 4.69) is 6.92 Å². The quantitative estimate of drug-likeness (QED) is 0.552. The third kappa shape index (κ3) is 7.35. The van der Waals surface area contributed by atoms with Gasteiger partial charge in [-0.3, -0.25) is 4.79 Å². The van der Waals surface area contributed by atoms with Gasteiger partial charge in [-0.05, 0) is 19.8 Å². The number of unbranched alkanes of at least 4 members (excludes halogenated alkanes) is 1. The second kappa shape index (κ2) is 10.4. The van der Waals surface area contributed by atoms with Crippen LogP contribution in [0.15, 0.2) is 0 Å². The van der Waals surface area contributed by atoms with Gasteiger partial charge in [-0.25, -0.2) is 0 Å². The van der Waals surface area contributed by atoms with Crippen LogP contribution in [0, 0.1) is 5.92 Å². The third-order valence-electron chi connectivity index (χ3n) is 2.02. The zero-order chi connectivity index (χ0) is 9.40. The molecule has 0 aliphatic rings. The molecular formula is C10H22O2Sn. The van der Waals surface area contributed by atoms with Gasteiger partial charge < -0.3 is 4.74 Å². The van der Waals surface area contributed by atoms with Crippen molar-refractivity contribution in [2.75, 3.05) is 6.61 Å². The molecule has 0 aromatic heterocycles. The number of hydrogen-bond donors (Lipinski definition) is 0. The van der Waals surface area contributed by atoms with Gasteiger partial charge in [-0.2, -0.15) is 0 Å². The van der Waals surface area contributed by atoms with Crippen molar-refractivity contribution < 1.29 is 9.53 Å². The molecule has 0 aromatic rings. The first-order chi connectivity index (χ1) is 5.76. The molecule has 0 saturated heterocycles. The molecule has 0 rings (SSSR count). The standard InChI is InChI=1S/C10H20O2.Sn.2H/c1-4-7-8-9(5-2)10(11)12-6-3;;;/h9H,4-8H2,1-3H3;;;. The monoisotopic (exact) mass is 294 g/mol. The first-order valence-corrected chi connectivity index (χ1v) is 4.92. The van der Waals surface area contributed by atoms with E-state index in [1.165, 1.54) is 0 Å². The molecule has 0 amide bonds. The Kier molecular flexibility index (Phi) is 12.5. The number of hydrogen-bond acceptors (Lipinski definition) is 2. The molecule has 1 atom stereocenters. The molecule has 78 valence electrons. The molecule has 0 aliphatic carbocycles. The van der Waals surface area contributed by atoms with Gasteiger partial charge in [-0.1, -0.05) is 26.7 Å². The van der Waals surface area contributed by atoms with Crippen LogP contribution in [0.5, 0.6) is 0 Å². The van der Waals surface area contributed by atoms with Crippen molar-refractivity contribution in [3.8, 4) is 0 Å². The average Bonchev–Trinajstić information content (AvgIpc) is 2.06. The van der Waals surface area contributed by atoms with E-state index in [1.807, 2.05) is 13.8 Å². The van der Waals surface area contributed by atoms with Crippen molar-refractivity contribution in [3.05, 3.63) is 0 Å². The fourth-order valence-corrected chi connectivity index (χ4v) is 1.20. The predicted molar refractivity (Wildman–Crippen MR) is 58.5 cm³/mol. The molecule has 0 aliphatic heterocycles. The van der Waals surface area contributed by atoms with Gasteiger partial charge in [0.15, 0.2) is 0 Å². The summed E-state index contributed by atoms with van der Waals surface area (Å²) < 4.78 is 4.95. The van der Waals surface area contributed by atoms with Crippen LogP contribution in [0.25, 0.3) is 0 Å². The van der Waals surface area contributed by atoms with Crippen molar-refractivity contribution in [3.63, 3.8) is 0 Å². The van der Waals surface area contributed by atoms with E-state index in [1.54, 1.807) is 0 Å². The zero-order valence-corrected chi connectivity index (χ0v) is 13.2. The average molecular weight is 293 g/mol. The second-order valence-corrected chi connectivity index (χ2v) is 3.00. The molecule has 0 heterocycles. The van der Waals surface area contributed by atoms with Crippen molar-refractivity contribution in [1.82, 2.24) is 0 Å². The summed E-state index contributed by atoms with van der Waals surface area (Å²) in [4.78, 5) is 11.3. The summed E-state index contributed by atoms with van der Waals surface area (Å²) in [5.74, 6) is 0.110. The maximum absolute atomic E-state index is 11.3. The summed E-state index contributed by atoms with van der Waals surface area (Å²) in [6, 6.07) is 0. The molecule has 0 fully saturated rings. The van der Waals surface area contributed by atoms with Crippen molar-refractivity contribution in [1.29, 1.82) is 0 Å². The topological polar surface area (TPSA) is 26.3 Å². The maximum atomic E-state index is 11.3. The van der Waals surface area contributed by atoms with E-state index in [9.17, 15) is 4.79 Å². The number of carbonyl (C=O) groups excluding carboxylic acids is 1. The molecule has 0 saturated carbocycles. The summed E-state index contributed by atoms with van der Waals surface area (Å²) in [6.07, 6.45) is 4.15. The van der Waals surface area contributed by atoms with Gasteiger partial charge in [0.05, 0.1) is 12.5 Å². The molecule has 13 heavy (non-hydrogen) atoms. The van der Waals surface area contributed by atoms with Crippen LogP contribution in [0.3, 0.4) is 0 Å². The summed E-state index contributed by atoms with van der Waals surface area (Å²) in [5, 5.41) is 0. The van der Waals surface area contributed by atoms with Crippen molar-refractivity contribution in [2.45, 2.75) is 46.5 Å². The molecule has 0 aromatic carbocycles. The van der Waals surface area contributed by atoms with Crippen LogP contribution < -0.4 is 0 Å².